The van der Waals surface area contributed by atoms with E-state index >= 15 is 0 Å². The van der Waals surface area contributed by atoms with E-state index in [1.807, 2.05) is 81.2 Å². The lowest BCUT2D eigenvalue weighted by Crippen LogP contribution is -2.66. The number of benzene rings is 2. The van der Waals surface area contributed by atoms with E-state index in [-0.39, 0.29) is 0 Å². The number of aromatic nitrogens is 3. The molecule has 1 aromatic heterocycles. The first-order valence-electron chi connectivity index (χ1n) is 11.9. The average molecular weight is 538 g/mol. The van der Waals surface area contributed by atoms with Gasteiger partial charge in [-0.1, -0.05) is 58.2 Å². The van der Waals surface area contributed by atoms with Crippen LogP contribution in [0.3, 0.4) is 0 Å². The Morgan fingerprint density at radius 2 is 1.54 bits per heavy atom. The molecule has 0 saturated heterocycles. The van der Waals surface area contributed by atoms with Gasteiger partial charge < -0.3 is 4.84 Å². The highest BCUT2D eigenvalue weighted by molar-refractivity contribution is 6.38. The van der Waals surface area contributed by atoms with Gasteiger partial charge in [0, 0.05) is 28.3 Å². The highest BCUT2D eigenvalue weighted by Crippen LogP contribution is 2.45. The quantitative estimate of drug-likeness (QED) is 0.451. The molecular formula is C27H25Cl2N5O3. The Morgan fingerprint density at radius 3 is 2.19 bits per heavy atom. The molecule has 3 aromatic rings. The fraction of sp³-hybridized carbons (Fsp3) is 0.296. The van der Waals surface area contributed by atoms with Crippen LogP contribution in [0.4, 0.5) is 5.69 Å². The lowest BCUT2D eigenvalue weighted by atomic mass is 9.92. The molecule has 0 unspecified atom stereocenters. The summed E-state index contributed by atoms with van der Waals surface area (Å²) in [5.41, 5.74) is 2.76. The molecular weight excluding hydrogens is 513 g/mol. The third-order valence-electron chi connectivity index (χ3n) is 7.63. The maximum atomic E-state index is 13.7. The monoisotopic (exact) mass is 537 g/mol. The van der Waals surface area contributed by atoms with E-state index in [9.17, 15) is 9.59 Å². The Labute approximate surface area is 223 Å². The van der Waals surface area contributed by atoms with Crippen molar-refractivity contribution in [2.24, 2.45) is 12.2 Å². The molecule has 0 radical (unpaired) electrons. The molecule has 0 N–H and O–H groups in total. The molecule has 4 aliphatic rings. The van der Waals surface area contributed by atoms with Crippen LogP contribution < -0.4 is 16.3 Å². The summed E-state index contributed by atoms with van der Waals surface area (Å²) in [6.07, 6.45) is 6.86. The van der Waals surface area contributed by atoms with Crippen LogP contribution in [0.15, 0.2) is 63.3 Å². The smallest absolute Gasteiger partial charge is 0.349 e. The van der Waals surface area contributed by atoms with Crippen molar-refractivity contribution < 1.29 is 4.84 Å². The van der Waals surface area contributed by atoms with Gasteiger partial charge in [0.2, 0.25) is 5.66 Å². The summed E-state index contributed by atoms with van der Waals surface area (Å²) in [5.74, 6) is 0.437. The second kappa shape index (κ2) is 8.00. The first-order valence-corrected chi connectivity index (χ1v) is 12.7. The molecule has 7 rings (SSSR count). The van der Waals surface area contributed by atoms with Gasteiger partial charge in [0.15, 0.2) is 11.9 Å². The summed E-state index contributed by atoms with van der Waals surface area (Å²) < 4.78 is 4.08. The molecule has 190 valence electrons. The Balaban J connectivity index is 1.75. The Hall–Kier alpha value is -3.49. The van der Waals surface area contributed by atoms with Gasteiger partial charge in [-0.15, -0.1) is 0 Å². The zero-order chi connectivity index (χ0) is 26.4. The number of rotatable bonds is 2. The molecule has 0 fully saturated rings. The largest absolute Gasteiger partial charge is 0.381 e. The average Bonchev–Trinajstić information content (AvgIpc) is 3.04. The standard InChI is InChI=1S/C27H25Cl2N5O3/c1-14-6-8-18(9-7-14)32-24(21-15(2)22(28)17(4)23(29)16(21)3)30-37-20-11-10-19-12-13-27(20,32)34-26(36)31(5)25(35)33(19)34/h6-13,19-20H,1-5H3/t19-,20-,27-/m1/s1. The fourth-order valence-electron chi connectivity index (χ4n) is 5.65. The predicted octanol–water partition coefficient (Wildman–Crippen LogP) is 4.49. The van der Waals surface area contributed by atoms with Gasteiger partial charge in [0.1, 0.15) is 0 Å². The number of anilines is 1. The number of aryl methyl sites for hydroxylation is 1. The maximum Gasteiger partial charge on any atom is 0.349 e. The Kier molecular flexibility index (Phi) is 5.17. The van der Waals surface area contributed by atoms with Crippen LogP contribution in [0.1, 0.15) is 33.9 Å². The van der Waals surface area contributed by atoms with Crippen molar-refractivity contribution in [3.05, 3.63) is 107 Å². The number of hydrogen-bond donors (Lipinski definition) is 0. The normalized spacial score (nSPS) is 23.4. The zero-order valence-electron chi connectivity index (χ0n) is 21.0. The van der Waals surface area contributed by atoms with Crippen molar-refractivity contribution in [3.63, 3.8) is 0 Å². The van der Waals surface area contributed by atoms with Gasteiger partial charge >= 0.3 is 11.4 Å². The minimum atomic E-state index is -1.27. The minimum absolute atomic E-state index is 0.411. The topological polar surface area (TPSA) is 73.8 Å². The van der Waals surface area contributed by atoms with Crippen molar-refractivity contribution in [2.45, 2.75) is 45.5 Å². The highest BCUT2D eigenvalue weighted by atomic mass is 35.5. The van der Waals surface area contributed by atoms with Crippen molar-refractivity contribution in [2.75, 3.05) is 4.90 Å². The van der Waals surface area contributed by atoms with Crippen LogP contribution in [-0.4, -0.2) is 25.9 Å². The SMILES string of the molecule is Cc1ccc(N2C(c3c(C)c(Cl)c(C)c(Cl)c3C)=NO[C@@H]3C=C[C@@H]4C=C[C@@]32n2c(=O)n(C)c(=O)n24)cc1. The molecule has 10 heteroatoms. The molecule has 0 amide bonds. The van der Waals surface area contributed by atoms with Gasteiger partial charge in [0.05, 0.1) is 6.04 Å². The predicted molar refractivity (Wildman–Crippen MR) is 145 cm³/mol. The zero-order valence-corrected chi connectivity index (χ0v) is 22.5. The van der Waals surface area contributed by atoms with Crippen molar-refractivity contribution >= 4 is 34.7 Å². The number of hydrogen-bond acceptors (Lipinski definition) is 5. The molecule has 3 atom stereocenters. The number of amidine groups is 1. The molecule has 37 heavy (non-hydrogen) atoms. The molecule has 2 bridgehead atoms. The number of oxime groups is 1. The summed E-state index contributed by atoms with van der Waals surface area (Å²) in [6.45, 7) is 7.71. The van der Waals surface area contributed by atoms with E-state index in [1.165, 1.54) is 16.4 Å². The Morgan fingerprint density at radius 1 is 0.892 bits per heavy atom. The van der Waals surface area contributed by atoms with Crippen LogP contribution in [0, 0.1) is 27.7 Å². The van der Waals surface area contributed by atoms with E-state index < -0.39 is 29.2 Å². The number of allylic oxidation sites excluding steroid dienone is 2. The number of halogens is 2. The molecule has 3 aliphatic heterocycles. The van der Waals surface area contributed by atoms with Crippen LogP contribution in [0.25, 0.3) is 0 Å². The fourth-order valence-corrected chi connectivity index (χ4v) is 6.08. The van der Waals surface area contributed by atoms with Crippen molar-refractivity contribution in [1.29, 1.82) is 0 Å². The van der Waals surface area contributed by atoms with E-state index in [0.29, 0.717) is 21.4 Å². The van der Waals surface area contributed by atoms with Crippen LogP contribution in [0.2, 0.25) is 10.0 Å². The lowest BCUT2D eigenvalue weighted by molar-refractivity contribution is -0.00104. The lowest BCUT2D eigenvalue weighted by Gasteiger charge is -2.49. The van der Waals surface area contributed by atoms with E-state index in [2.05, 4.69) is 5.16 Å². The minimum Gasteiger partial charge on any atom is -0.381 e. The van der Waals surface area contributed by atoms with E-state index in [4.69, 9.17) is 28.0 Å². The van der Waals surface area contributed by atoms with E-state index in [0.717, 1.165) is 32.5 Å². The molecule has 4 heterocycles. The van der Waals surface area contributed by atoms with E-state index in [1.54, 1.807) is 0 Å². The summed E-state index contributed by atoms with van der Waals surface area (Å²) >= 11 is 13.5. The summed E-state index contributed by atoms with van der Waals surface area (Å²) in [7, 11) is 1.48. The Bertz CT molecular complexity index is 1660. The number of nitrogens with zero attached hydrogens (tertiary/aromatic N) is 5. The third-order valence-corrected chi connectivity index (χ3v) is 8.77. The first-order chi connectivity index (χ1) is 17.6. The second-order valence-electron chi connectivity index (χ2n) is 9.79. The summed E-state index contributed by atoms with van der Waals surface area (Å²) in [5, 5.41) is 5.68. The van der Waals surface area contributed by atoms with Gasteiger partial charge in [-0.05, 0) is 68.7 Å². The van der Waals surface area contributed by atoms with Gasteiger partial charge in [0.25, 0.3) is 0 Å². The molecule has 0 saturated carbocycles. The molecule has 8 nitrogen and oxygen atoms in total. The van der Waals surface area contributed by atoms with Crippen LogP contribution >= 0.6 is 23.2 Å². The van der Waals surface area contributed by atoms with Gasteiger partial charge in [-0.2, -0.15) is 4.68 Å². The van der Waals surface area contributed by atoms with Gasteiger partial charge in [-0.25, -0.2) is 18.8 Å². The highest BCUT2D eigenvalue weighted by Gasteiger charge is 2.56. The van der Waals surface area contributed by atoms with Crippen molar-refractivity contribution in [1.82, 2.24) is 13.9 Å². The molecule has 2 aromatic carbocycles. The third kappa shape index (κ3) is 3.00. The van der Waals surface area contributed by atoms with Crippen LogP contribution in [0.5, 0.6) is 0 Å². The molecule has 1 aliphatic carbocycles. The first kappa shape index (κ1) is 23.9. The summed E-state index contributed by atoms with van der Waals surface area (Å²) in [4.78, 5) is 35.0. The molecule has 1 spiro atoms. The van der Waals surface area contributed by atoms with Gasteiger partial charge in [-0.3, -0.25) is 4.90 Å². The van der Waals surface area contributed by atoms with Crippen LogP contribution in [-0.2, 0) is 17.5 Å². The van der Waals surface area contributed by atoms with Crippen molar-refractivity contribution in [3.8, 4) is 0 Å². The second-order valence-corrected chi connectivity index (χ2v) is 10.5. The summed E-state index contributed by atoms with van der Waals surface area (Å²) in [6, 6.07) is 7.48. The maximum absolute atomic E-state index is 13.7.